The van der Waals surface area contributed by atoms with E-state index >= 15 is 0 Å². The first-order chi connectivity index (χ1) is 13.0. The summed E-state index contributed by atoms with van der Waals surface area (Å²) in [6.45, 7) is 2.19. The first-order valence-corrected chi connectivity index (χ1v) is 9.06. The van der Waals surface area contributed by atoms with Gasteiger partial charge in [-0.25, -0.2) is 9.59 Å². The van der Waals surface area contributed by atoms with Crippen molar-refractivity contribution in [2.75, 3.05) is 23.3 Å². The molecule has 3 aromatic rings. The first kappa shape index (κ1) is 17.3. The van der Waals surface area contributed by atoms with Gasteiger partial charge in [0.1, 0.15) is 5.76 Å². The average Bonchev–Trinajstić information content (AvgIpc) is 3.40. The highest BCUT2D eigenvalue weighted by molar-refractivity contribution is 5.98. The number of urea groups is 1. The van der Waals surface area contributed by atoms with E-state index in [2.05, 4.69) is 15.5 Å². The molecule has 8 heteroatoms. The molecule has 3 heterocycles. The zero-order chi connectivity index (χ0) is 19.0. The summed E-state index contributed by atoms with van der Waals surface area (Å²) in [5.74, 6) is 0.686. The van der Waals surface area contributed by atoms with Crippen molar-refractivity contribution >= 4 is 28.4 Å². The zero-order valence-electron chi connectivity index (χ0n) is 15.5. The maximum Gasteiger partial charge on any atom is 0.328 e. The maximum atomic E-state index is 12.4. The highest BCUT2D eigenvalue weighted by Gasteiger charge is 2.20. The van der Waals surface area contributed by atoms with Gasteiger partial charge >= 0.3 is 11.7 Å². The number of carbonyl (C=O) groups excluding carboxylic acids is 1. The van der Waals surface area contributed by atoms with Crippen molar-refractivity contribution in [3.63, 3.8) is 0 Å². The van der Waals surface area contributed by atoms with Crippen molar-refractivity contribution in [1.29, 1.82) is 0 Å². The molecule has 1 aromatic carbocycles. The molecule has 2 amide bonds. The van der Waals surface area contributed by atoms with E-state index in [9.17, 15) is 9.59 Å². The molecule has 0 unspecified atom stereocenters. The number of aryl methyl sites for hydroxylation is 2. The fraction of sp³-hybridized carbons (Fsp3) is 0.368. The van der Waals surface area contributed by atoms with Crippen molar-refractivity contribution < 1.29 is 9.21 Å². The Morgan fingerprint density at radius 2 is 1.85 bits per heavy atom. The molecule has 1 saturated heterocycles. The SMILES string of the molecule is Cn1c(=O)n(C)c2cc(N3CCCC3)c(NC(=O)NCc3ccco3)cc21. The molecular weight excluding hydrogens is 346 g/mol. The van der Waals surface area contributed by atoms with Gasteiger partial charge in [0.2, 0.25) is 0 Å². The summed E-state index contributed by atoms with van der Waals surface area (Å²) in [5, 5.41) is 5.73. The van der Waals surface area contributed by atoms with Crippen LogP contribution in [-0.2, 0) is 20.6 Å². The minimum atomic E-state index is -0.313. The number of furan rings is 1. The van der Waals surface area contributed by atoms with Gasteiger partial charge in [-0.3, -0.25) is 9.13 Å². The second kappa shape index (κ2) is 6.86. The lowest BCUT2D eigenvalue weighted by Crippen LogP contribution is -2.29. The van der Waals surface area contributed by atoms with Crippen LogP contribution in [0.25, 0.3) is 11.0 Å². The van der Waals surface area contributed by atoms with E-state index in [4.69, 9.17) is 4.42 Å². The van der Waals surface area contributed by atoms with Crippen LogP contribution in [0, 0.1) is 0 Å². The van der Waals surface area contributed by atoms with E-state index in [1.165, 1.54) is 0 Å². The van der Waals surface area contributed by atoms with Crippen molar-refractivity contribution in [2.45, 2.75) is 19.4 Å². The second-order valence-electron chi connectivity index (χ2n) is 6.84. The number of carbonyl (C=O) groups is 1. The van der Waals surface area contributed by atoms with Crippen LogP contribution >= 0.6 is 0 Å². The van der Waals surface area contributed by atoms with Gasteiger partial charge < -0.3 is 20.0 Å². The molecule has 0 aliphatic carbocycles. The van der Waals surface area contributed by atoms with Gasteiger partial charge in [0.05, 0.1) is 35.2 Å². The van der Waals surface area contributed by atoms with E-state index < -0.39 is 0 Å². The lowest BCUT2D eigenvalue weighted by molar-refractivity contribution is 0.251. The molecule has 8 nitrogen and oxygen atoms in total. The molecule has 2 N–H and O–H groups in total. The number of nitrogens with one attached hydrogen (secondary N) is 2. The topological polar surface area (TPSA) is 84.4 Å². The standard InChI is InChI=1S/C19H23N5O3/c1-22-16-10-14(21-18(25)20-12-13-6-5-9-27-13)15(24-7-3-4-8-24)11-17(16)23(2)19(22)26/h5-6,9-11H,3-4,7-8,12H2,1-2H3,(H2,20,21,25). The lowest BCUT2D eigenvalue weighted by atomic mass is 10.2. The van der Waals surface area contributed by atoms with Crippen molar-refractivity contribution in [1.82, 2.24) is 14.5 Å². The number of nitrogens with zero attached hydrogens (tertiary/aromatic N) is 3. The minimum Gasteiger partial charge on any atom is -0.467 e. The van der Waals surface area contributed by atoms with Crippen LogP contribution in [0.5, 0.6) is 0 Å². The molecule has 0 atom stereocenters. The van der Waals surface area contributed by atoms with Gasteiger partial charge in [0, 0.05) is 27.2 Å². The molecule has 4 rings (SSSR count). The van der Waals surface area contributed by atoms with E-state index in [-0.39, 0.29) is 11.7 Å². The number of anilines is 2. The molecule has 0 radical (unpaired) electrons. The monoisotopic (exact) mass is 369 g/mol. The van der Waals surface area contributed by atoms with Gasteiger partial charge in [-0.05, 0) is 37.1 Å². The van der Waals surface area contributed by atoms with Crippen LogP contribution < -0.4 is 21.2 Å². The summed E-state index contributed by atoms with van der Waals surface area (Å²) in [7, 11) is 3.50. The van der Waals surface area contributed by atoms with Gasteiger partial charge in [-0.2, -0.15) is 0 Å². The number of hydrogen-bond acceptors (Lipinski definition) is 4. The molecule has 1 aliphatic rings. The van der Waals surface area contributed by atoms with Crippen LogP contribution in [0.15, 0.2) is 39.7 Å². The molecule has 0 bridgehead atoms. The minimum absolute atomic E-state index is 0.0863. The Hall–Kier alpha value is -3.16. The molecule has 1 fully saturated rings. The number of hydrogen-bond donors (Lipinski definition) is 2. The van der Waals surface area contributed by atoms with Crippen LogP contribution in [0.1, 0.15) is 18.6 Å². The largest absolute Gasteiger partial charge is 0.467 e. The second-order valence-corrected chi connectivity index (χ2v) is 6.84. The Kier molecular flexibility index (Phi) is 4.39. The van der Waals surface area contributed by atoms with Crippen LogP contribution in [0.3, 0.4) is 0 Å². The van der Waals surface area contributed by atoms with Crippen molar-refractivity contribution in [3.05, 3.63) is 46.8 Å². The first-order valence-electron chi connectivity index (χ1n) is 9.06. The van der Waals surface area contributed by atoms with Crippen LogP contribution in [-0.4, -0.2) is 28.3 Å². The fourth-order valence-corrected chi connectivity index (χ4v) is 3.60. The lowest BCUT2D eigenvalue weighted by Gasteiger charge is -2.22. The summed E-state index contributed by atoms with van der Waals surface area (Å²) in [6.07, 6.45) is 3.82. The van der Waals surface area contributed by atoms with Gasteiger partial charge in [0.25, 0.3) is 0 Å². The quantitative estimate of drug-likeness (QED) is 0.740. The third kappa shape index (κ3) is 3.18. The van der Waals surface area contributed by atoms with E-state index in [1.54, 1.807) is 35.6 Å². The maximum absolute atomic E-state index is 12.4. The van der Waals surface area contributed by atoms with Crippen molar-refractivity contribution in [2.24, 2.45) is 14.1 Å². The molecular formula is C19H23N5O3. The summed E-state index contributed by atoms with van der Waals surface area (Å²) < 4.78 is 8.46. The Bertz CT molecular complexity index is 1030. The van der Waals surface area contributed by atoms with E-state index in [0.29, 0.717) is 18.0 Å². The molecule has 142 valence electrons. The highest BCUT2D eigenvalue weighted by atomic mass is 16.3. The predicted molar refractivity (Wildman–Crippen MR) is 104 cm³/mol. The Morgan fingerprint density at radius 3 is 2.52 bits per heavy atom. The predicted octanol–water partition coefficient (Wildman–Crippen LogP) is 2.39. The number of benzene rings is 1. The normalized spacial score (nSPS) is 14.1. The third-order valence-electron chi connectivity index (χ3n) is 5.09. The third-order valence-corrected chi connectivity index (χ3v) is 5.09. The Morgan fingerprint density at radius 1 is 1.15 bits per heavy atom. The summed E-state index contributed by atoms with van der Waals surface area (Å²) >= 11 is 0. The van der Waals surface area contributed by atoms with Gasteiger partial charge in [0.15, 0.2) is 0 Å². The smallest absolute Gasteiger partial charge is 0.328 e. The molecule has 0 spiro atoms. The summed E-state index contributed by atoms with van der Waals surface area (Å²) in [6, 6.07) is 7.14. The van der Waals surface area contributed by atoms with Gasteiger partial charge in [-0.15, -0.1) is 0 Å². The van der Waals surface area contributed by atoms with Crippen LogP contribution in [0.2, 0.25) is 0 Å². The van der Waals surface area contributed by atoms with E-state index in [0.717, 1.165) is 42.7 Å². The molecule has 0 saturated carbocycles. The Balaban J connectivity index is 1.66. The molecule has 27 heavy (non-hydrogen) atoms. The number of rotatable bonds is 4. The fourth-order valence-electron chi connectivity index (χ4n) is 3.60. The summed E-state index contributed by atoms with van der Waals surface area (Å²) in [4.78, 5) is 27.0. The molecule has 2 aromatic heterocycles. The molecule has 1 aliphatic heterocycles. The highest BCUT2D eigenvalue weighted by Crippen LogP contribution is 2.33. The summed E-state index contributed by atoms with van der Waals surface area (Å²) in [5.41, 5.74) is 3.19. The van der Waals surface area contributed by atoms with E-state index in [1.807, 2.05) is 18.2 Å². The number of amides is 2. The number of fused-ring (bicyclic) bond motifs is 1. The average molecular weight is 369 g/mol. The van der Waals surface area contributed by atoms with Gasteiger partial charge in [-0.1, -0.05) is 0 Å². The Labute approximate surface area is 156 Å². The number of imidazole rings is 1. The zero-order valence-corrected chi connectivity index (χ0v) is 15.5. The van der Waals surface area contributed by atoms with Crippen LogP contribution in [0.4, 0.5) is 16.2 Å². The number of aromatic nitrogens is 2. The van der Waals surface area contributed by atoms with Crippen molar-refractivity contribution in [3.8, 4) is 0 Å².